The number of ether oxygens (including phenoxy) is 1. The Morgan fingerprint density at radius 1 is 1.27 bits per heavy atom. The lowest BCUT2D eigenvalue weighted by molar-refractivity contribution is -0.0835. The fraction of sp³-hybridized carbons (Fsp3) is 0.583. The summed E-state index contributed by atoms with van der Waals surface area (Å²) < 4.78 is 8.27. The van der Waals surface area contributed by atoms with Crippen LogP contribution in [0, 0.1) is 18.3 Å². The van der Waals surface area contributed by atoms with E-state index < -0.39 is 0 Å². The normalized spacial score (nSPS) is 20.2. The van der Waals surface area contributed by atoms with Crippen molar-refractivity contribution in [2.24, 2.45) is 16.3 Å². The van der Waals surface area contributed by atoms with Gasteiger partial charge in [0.15, 0.2) is 5.96 Å². The quantitative estimate of drug-likeness (QED) is 0.561. The number of aryl methyl sites for hydroxylation is 1. The maximum atomic E-state index is 6.11. The van der Waals surface area contributed by atoms with Gasteiger partial charge in [0, 0.05) is 51.6 Å². The van der Waals surface area contributed by atoms with Gasteiger partial charge in [0.25, 0.3) is 0 Å². The molecular formula is C24H37N5O. The average molecular weight is 412 g/mol. The number of aromatic nitrogens is 2. The van der Waals surface area contributed by atoms with E-state index >= 15 is 0 Å². The van der Waals surface area contributed by atoms with Crippen LogP contribution in [-0.4, -0.2) is 41.8 Å². The summed E-state index contributed by atoms with van der Waals surface area (Å²) >= 11 is 0. The third-order valence-corrected chi connectivity index (χ3v) is 5.78. The SMILES string of the molecule is CN=C(NCc1cccc(Cn2ccnc2C)c1)NCC1CCCOC1C(C)(C)C. The van der Waals surface area contributed by atoms with E-state index in [0.29, 0.717) is 5.92 Å². The Kier molecular flexibility index (Phi) is 7.53. The Hall–Kier alpha value is -2.34. The zero-order valence-electron chi connectivity index (χ0n) is 19.1. The molecule has 0 radical (unpaired) electrons. The second-order valence-corrected chi connectivity index (χ2v) is 9.29. The van der Waals surface area contributed by atoms with Crippen LogP contribution in [0.3, 0.4) is 0 Å². The van der Waals surface area contributed by atoms with E-state index in [1.165, 1.54) is 17.5 Å². The van der Waals surface area contributed by atoms with Crippen molar-refractivity contribution < 1.29 is 4.74 Å². The van der Waals surface area contributed by atoms with E-state index in [9.17, 15) is 0 Å². The molecule has 0 bridgehead atoms. The Balaban J connectivity index is 1.53. The predicted octanol–water partition coefficient (Wildman–Crippen LogP) is 3.75. The average Bonchev–Trinajstić information content (AvgIpc) is 3.12. The summed E-state index contributed by atoms with van der Waals surface area (Å²) in [7, 11) is 1.83. The lowest BCUT2D eigenvalue weighted by atomic mass is 9.78. The van der Waals surface area contributed by atoms with E-state index in [0.717, 1.165) is 44.4 Å². The number of benzene rings is 1. The van der Waals surface area contributed by atoms with E-state index in [2.05, 4.69) is 70.2 Å². The summed E-state index contributed by atoms with van der Waals surface area (Å²) in [5.74, 6) is 2.37. The Labute approximate surface area is 181 Å². The smallest absolute Gasteiger partial charge is 0.191 e. The summed E-state index contributed by atoms with van der Waals surface area (Å²) in [5.41, 5.74) is 2.66. The Morgan fingerprint density at radius 3 is 2.77 bits per heavy atom. The van der Waals surface area contributed by atoms with Crippen molar-refractivity contribution in [3.63, 3.8) is 0 Å². The third-order valence-electron chi connectivity index (χ3n) is 5.78. The van der Waals surface area contributed by atoms with Crippen molar-refractivity contribution in [1.29, 1.82) is 0 Å². The number of imidazole rings is 1. The van der Waals surface area contributed by atoms with E-state index in [4.69, 9.17) is 4.74 Å². The minimum atomic E-state index is 0.151. The van der Waals surface area contributed by atoms with Crippen LogP contribution in [-0.2, 0) is 17.8 Å². The highest BCUT2D eigenvalue weighted by Crippen LogP contribution is 2.33. The molecule has 3 rings (SSSR count). The molecule has 0 aliphatic carbocycles. The number of guanidine groups is 1. The van der Waals surface area contributed by atoms with Gasteiger partial charge in [-0.25, -0.2) is 4.98 Å². The van der Waals surface area contributed by atoms with E-state index in [1.807, 2.05) is 26.4 Å². The second kappa shape index (κ2) is 10.1. The summed E-state index contributed by atoms with van der Waals surface area (Å²) in [6.45, 7) is 12.2. The molecule has 1 aromatic heterocycles. The molecule has 2 heterocycles. The summed E-state index contributed by atoms with van der Waals surface area (Å²) in [6, 6.07) is 8.66. The minimum absolute atomic E-state index is 0.151. The summed E-state index contributed by atoms with van der Waals surface area (Å²) in [4.78, 5) is 8.71. The number of hydrogen-bond acceptors (Lipinski definition) is 3. The van der Waals surface area contributed by atoms with Crippen LogP contribution < -0.4 is 10.6 Å². The lowest BCUT2D eigenvalue weighted by Gasteiger charge is -2.40. The zero-order valence-corrected chi connectivity index (χ0v) is 19.1. The molecule has 6 nitrogen and oxygen atoms in total. The van der Waals surface area contributed by atoms with Gasteiger partial charge < -0.3 is 19.9 Å². The highest BCUT2D eigenvalue weighted by Gasteiger charge is 2.35. The monoisotopic (exact) mass is 411 g/mol. The van der Waals surface area contributed by atoms with Crippen LogP contribution >= 0.6 is 0 Å². The van der Waals surface area contributed by atoms with Gasteiger partial charge in [0.05, 0.1) is 6.10 Å². The van der Waals surface area contributed by atoms with Gasteiger partial charge in [-0.1, -0.05) is 45.0 Å². The van der Waals surface area contributed by atoms with Crippen LogP contribution in [0.5, 0.6) is 0 Å². The topological polar surface area (TPSA) is 63.5 Å². The number of hydrogen-bond donors (Lipinski definition) is 2. The molecule has 2 N–H and O–H groups in total. The molecule has 0 amide bonds. The van der Waals surface area contributed by atoms with Gasteiger partial charge >= 0.3 is 0 Å². The molecule has 1 aliphatic rings. The molecule has 1 fully saturated rings. The summed E-state index contributed by atoms with van der Waals surface area (Å²) in [5, 5.41) is 6.97. The fourth-order valence-electron chi connectivity index (χ4n) is 4.25. The Morgan fingerprint density at radius 2 is 2.07 bits per heavy atom. The van der Waals surface area contributed by atoms with Gasteiger partial charge in [0.2, 0.25) is 0 Å². The first-order chi connectivity index (χ1) is 14.4. The molecule has 164 valence electrons. The molecule has 2 aromatic rings. The van der Waals surface area contributed by atoms with Crippen molar-refractivity contribution in [3.8, 4) is 0 Å². The maximum Gasteiger partial charge on any atom is 0.191 e. The first-order valence-corrected chi connectivity index (χ1v) is 11.0. The molecule has 30 heavy (non-hydrogen) atoms. The molecule has 1 saturated heterocycles. The number of nitrogens with zero attached hydrogens (tertiary/aromatic N) is 3. The number of rotatable bonds is 6. The molecular weight excluding hydrogens is 374 g/mol. The molecule has 2 atom stereocenters. The van der Waals surface area contributed by atoms with Crippen molar-refractivity contribution in [2.45, 2.75) is 59.7 Å². The van der Waals surface area contributed by atoms with Crippen LogP contribution in [0.4, 0.5) is 0 Å². The minimum Gasteiger partial charge on any atom is -0.377 e. The number of aliphatic imine (C=N–C) groups is 1. The van der Waals surface area contributed by atoms with Gasteiger partial charge in [0.1, 0.15) is 5.82 Å². The predicted molar refractivity (Wildman–Crippen MR) is 123 cm³/mol. The van der Waals surface area contributed by atoms with E-state index in [-0.39, 0.29) is 11.5 Å². The fourth-order valence-corrected chi connectivity index (χ4v) is 4.25. The highest BCUT2D eigenvalue weighted by molar-refractivity contribution is 5.79. The highest BCUT2D eigenvalue weighted by atomic mass is 16.5. The second-order valence-electron chi connectivity index (χ2n) is 9.29. The number of nitrogens with one attached hydrogen (secondary N) is 2. The van der Waals surface area contributed by atoms with Crippen LogP contribution in [0.2, 0.25) is 0 Å². The summed E-state index contributed by atoms with van der Waals surface area (Å²) in [6.07, 6.45) is 6.47. The van der Waals surface area contributed by atoms with Crippen LogP contribution in [0.25, 0.3) is 0 Å². The van der Waals surface area contributed by atoms with Crippen molar-refractivity contribution >= 4 is 5.96 Å². The standard InChI is InChI=1S/C24H37N5O/c1-18-26-11-12-29(18)17-20-9-6-8-19(14-20)15-27-23(25-5)28-16-21-10-7-13-30-22(21)24(2,3)4/h6,8-9,11-12,14,21-22H,7,10,13,15-17H2,1-5H3,(H2,25,27,28). The lowest BCUT2D eigenvalue weighted by Crippen LogP contribution is -2.47. The van der Waals surface area contributed by atoms with Gasteiger partial charge in [-0.05, 0) is 36.3 Å². The van der Waals surface area contributed by atoms with Crippen LogP contribution in [0.15, 0.2) is 41.7 Å². The van der Waals surface area contributed by atoms with Gasteiger partial charge in [-0.2, -0.15) is 0 Å². The molecule has 6 heteroatoms. The molecule has 0 spiro atoms. The van der Waals surface area contributed by atoms with Crippen LogP contribution in [0.1, 0.15) is 50.6 Å². The van der Waals surface area contributed by atoms with Gasteiger partial charge in [-0.3, -0.25) is 4.99 Å². The molecule has 1 aromatic carbocycles. The third kappa shape index (κ3) is 6.08. The Bertz CT molecular complexity index is 836. The molecule has 0 saturated carbocycles. The van der Waals surface area contributed by atoms with Crippen molar-refractivity contribution in [1.82, 2.24) is 20.2 Å². The largest absolute Gasteiger partial charge is 0.377 e. The van der Waals surface area contributed by atoms with Gasteiger partial charge in [-0.15, -0.1) is 0 Å². The van der Waals surface area contributed by atoms with Crippen molar-refractivity contribution in [3.05, 3.63) is 53.6 Å². The molecule has 1 aliphatic heterocycles. The first kappa shape index (κ1) is 22.3. The molecule has 2 unspecified atom stereocenters. The maximum absolute atomic E-state index is 6.11. The van der Waals surface area contributed by atoms with E-state index in [1.54, 1.807) is 0 Å². The van der Waals surface area contributed by atoms with Crippen molar-refractivity contribution in [2.75, 3.05) is 20.2 Å². The first-order valence-electron chi connectivity index (χ1n) is 11.0. The zero-order chi connectivity index (χ0) is 21.6.